The van der Waals surface area contributed by atoms with Gasteiger partial charge < -0.3 is 10.2 Å². The Morgan fingerprint density at radius 2 is 2.11 bits per heavy atom. The van der Waals surface area contributed by atoms with E-state index in [4.69, 9.17) is 11.6 Å². The van der Waals surface area contributed by atoms with E-state index in [1.165, 1.54) is 6.07 Å². The minimum Gasteiger partial charge on any atom is -0.368 e. The Hall–Kier alpha value is -0.800. The van der Waals surface area contributed by atoms with Crippen molar-refractivity contribution in [2.24, 2.45) is 0 Å². The van der Waals surface area contributed by atoms with Gasteiger partial charge in [-0.25, -0.2) is 4.39 Å². The first-order valence-electron chi connectivity index (χ1n) is 6.55. The Bertz CT molecular complexity index is 418. The number of hydrogen-bond donors (Lipinski definition) is 1. The smallest absolute Gasteiger partial charge is 0.143 e. The highest BCUT2D eigenvalue weighted by Crippen LogP contribution is 2.27. The molecule has 1 N–H and O–H groups in total. The highest BCUT2D eigenvalue weighted by Gasteiger charge is 2.31. The molecule has 100 valence electrons. The molecule has 0 spiro atoms. The van der Waals surface area contributed by atoms with Crippen LogP contribution in [0.4, 0.5) is 10.1 Å². The predicted molar refractivity (Wildman–Crippen MR) is 74.9 cm³/mol. The summed E-state index contributed by atoms with van der Waals surface area (Å²) in [5, 5.41) is 3.78. The fraction of sp³-hybridized carbons (Fsp3) is 0.571. The molecular weight excluding hydrogens is 251 g/mol. The molecule has 1 aliphatic heterocycles. The molecule has 1 saturated heterocycles. The molecule has 0 bridgehead atoms. The third-order valence-corrected chi connectivity index (χ3v) is 4.30. The number of halogens is 2. The summed E-state index contributed by atoms with van der Waals surface area (Å²) >= 11 is 5.72. The number of benzene rings is 1. The molecule has 0 amide bonds. The summed E-state index contributed by atoms with van der Waals surface area (Å²) in [6, 6.07) is 5.06. The quantitative estimate of drug-likeness (QED) is 0.905. The summed E-state index contributed by atoms with van der Waals surface area (Å²) in [7, 11) is 0. The maximum atomic E-state index is 13.5. The Morgan fingerprint density at radius 3 is 2.72 bits per heavy atom. The van der Waals surface area contributed by atoms with Gasteiger partial charge in [0.1, 0.15) is 5.82 Å². The monoisotopic (exact) mass is 270 g/mol. The highest BCUT2D eigenvalue weighted by atomic mass is 35.5. The minimum absolute atomic E-state index is 0.147. The molecule has 1 aromatic carbocycles. The zero-order valence-electron chi connectivity index (χ0n) is 11.0. The SMILES string of the molecule is CCC1(CC)CN(c2ccc(Cl)c(F)c2)CCN1. The van der Waals surface area contributed by atoms with Gasteiger partial charge in [-0.05, 0) is 31.0 Å². The first kappa shape index (κ1) is 13.6. The van der Waals surface area contributed by atoms with Gasteiger partial charge in [0.25, 0.3) is 0 Å². The van der Waals surface area contributed by atoms with Crippen molar-refractivity contribution in [3.05, 3.63) is 29.0 Å². The van der Waals surface area contributed by atoms with Gasteiger partial charge in [0.15, 0.2) is 0 Å². The first-order chi connectivity index (χ1) is 8.60. The van der Waals surface area contributed by atoms with Crippen molar-refractivity contribution in [3.63, 3.8) is 0 Å². The van der Waals surface area contributed by atoms with Crippen LogP contribution in [0.3, 0.4) is 0 Å². The average Bonchev–Trinajstić information content (AvgIpc) is 2.42. The van der Waals surface area contributed by atoms with Gasteiger partial charge in [0.05, 0.1) is 5.02 Å². The summed E-state index contributed by atoms with van der Waals surface area (Å²) in [6.07, 6.45) is 2.16. The van der Waals surface area contributed by atoms with Gasteiger partial charge in [-0.15, -0.1) is 0 Å². The van der Waals surface area contributed by atoms with Gasteiger partial charge >= 0.3 is 0 Å². The summed E-state index contributed by atoms with van der Waals surface area (Å²) in [5.41, 5.74) is 1.07. The van der Waals surface area contributed by atoms with Gasteiger partial charge in [0.2, 0.25) is 0 Å². The van der Waals surface area contributed by atoms with Crippen LogP contribution in [-0.4, -0.2) is 25.2 Å². The molecule has 1 heterocycles. The fourth-order valence-electron chi connectivity index (χ4n) is 2.58. The molecule has 0 aliphatic carbocycles. The van der Waals surface area contributed by atoms with Crippen molar-refractivity contribution in [1.29, 1.82) is 0 Å². The Morgan fingerprint density at radius 1 is 1.39 bits per heavy atom. The maximum absolute atomic E-state index is 13.5. The van der Waals surface area contributed by atoms with Crippen molar-refractivity contribution in [3.8, 4) is 0 Å². The Labute approximate surface area is 113 Å². The number of nitrogens with one attached hydrogen (secondary N) is 1. The van der Waals surface area contributed by atoms with Crippen LogP contribution in [0.25, 0.3) is 0 Å². The summed E-state index contributed by atoms with van der Waals surface area (Å²) in [6.45, 7) is 7.15. The number of nitrogens with zero attached hydrogens (tertiary/aromatic N) is 1. The number of hydrogen-bond acceptors (Lipinski definition) is 2. The number of piperazine rings is 1. The normalized spacial score (nSPS) is 19.0. The van der Waals surface area contributed by atoms with Crippen molar-refractivity contribution in [2.45, 2.75) is 32.2 Å². The molecule has 0 saturated carbocycles. The van der Waals surface area contributed by atoms with Crippen molar-refractivity contribution in [1.82, 2.24) is 5.32 Å². The lowest BCUT2D eigenvalue weighted by Gasteiger charge is -2.44. The van der Waals surface area contributed by atoms with E-state index in [9.17, 15) is 4.39 Å². The molecule has 4 heteroatoms. The van der Waals surface area contributed by atoms with Gasteiger partial charge in [-0.2, -0.15) is 0 Å². The molecule has 2 rings (SSSR count). The lowest BCUT2D eigenvalue weighted by molar-refractivity contribution is 0.277. The second kappa shape index (κ2) is 5.45. The van der Waals surface area contributed by atoms with E-state index in [1.807, 2.05) is 6.07 Å². The average molecular weight is 271 g/mol. The second-order valence-corrected chi connectivity index (χ2v) is 5.34. The second-order valence-electron chi connectivity index (χ2n) is 4.93. The number of anilines is 1. The van der Waals surface area contributed by atoms with Crippen LogP contribution in [0.15, 0.2) is 18.2 Å². The zero-order chi connectivity index (χ0) is 13.2. The molecule has 18 heavy (non-hydrogen) atoms. The third-order valence-electron chi connectivity index (χ3n) is 4.00. The van der Waals surface area contributed by atoms with Crippen LogP contribution in [0.1, 0.15) is 26.7 Å². The van der Waals surface area contributed by atoms with Gasteiger partial charge in [-0.1, -0.05) is 25.4 Å². The molecule has 0 radical (unpaired) electrons. The third kappa shape index (κ3) is 2.62. The van der Waals surface area contributed by atoms with Crippen LogP contribution in [0.5, 0.6) is 0 Å². The first-order valence-corrected chi connectivity index (χ1v) is 6.93. The van der Waals surface area contributed by atoms with Gasteiger partial charge in [-0.3, -0.25) is 0 Å². The van der Waals surface area contributed by atoms with Crippen LogP contribution in [0, 0.1) is 5.82 Å². The van der Waals surface area contributed by atoms with Crippen molar-refractivity contribution < 1.29 is 4.39 Å². The molecule has 1 fully saturated rings. The number of rotatable bonds is 3. The van der Waals surface area contributed by atoms with Gasteiger partial charge in [0, 0.05) is 30.9 Å². The molecule has 2 nitrogen and oxygen atoms in total. The zero-order valence-corrected chi connectivity index (χ0v) is 11.7. The standard InChI is InChI=1S/C14H20ClFN2/c1-3-14(4-2)10-18(8-7-17-14)11-5-6-12(15)13(16)9-11/h5-6,9,17H,3-4,7-8,10H2,1-2H3. The van der Waals surface area contributed by atoms with E-state index < -0.39 is 0 Å². The molecule has 0 aromatic heterocycles. The lowest BCUT2D eigenvalue weighted by Crippen LogP contribution is -2.60. The molecule has 1 aliphatic rings. The van der Waals surface area contributed by atoms with E-state index in [0.717, 1.165) is 38.2 Å². The topological polar surface area (TPSA) is 15.3 Å². The fourth-order valence-corrected chi connectivity index (χ4v) is 2.70. The van der Waals surface area contributed by atoms with Crippen LogP contribution in [0.2, 0.25) is 5.02 Å². The van der Waals surface area contributed by atoms with Crippen molar-refractivity contribution >= 4 is 17.3 Å². The predicted octanol–water partition coefficient (Wildman–Crippen LogP) is 3.45. The van der Waals surface area contributed by atoms with Crippen molar-refractivity contribution in [2.75, 3.05) is 24.5 Å². The molecule has 0 unspecified atom stereocenters. The van der Waals surface area contributed by atoms with Crippen LogP contribution in [-0.2, 0) is 0 Å². The maximum Gasteiger partial charge on any atom is 0.143 e. The molecule has 0 atom stereocenters. The van der Waals surface area contributed by atoms with Crippen LogP contribution < -0.4 is 10.2 Å². The van der Waals surface area contributed by atoms with E-state index in [0.29, 0.717) is 0 Å². The minimum atomic E-state index is -0.341. The molecule has 1 aromatic rings. The van der Waals surface area contributed by atoms with E-state index in [1.54, 1.807) is 6.07 Å². The lowest BCUT2D eigenvalue weighted by atomic mass is 9.90. The Kier molecular flexibility index (Phi) is 4.13. The van der Waals surface area contributed by atoms with Crippen LogP contribution >= 0.6 is 11.6 Å². The molecular formula is C14H20ClFN2. The summed E-state index contributed by atoms with van der Waals surface area (Å²) in [4.78, 5) is 2.24. The van der Waals surface area contributed by atoms with E-state index in [2.05, 4.69) is 24.1 Å². The van der Waals surface area contributed by atoms with E-state index >= 15 is 0 Å². The highest BCUT2D eigenvalue weighted by molar-refractivity contribution is 6.30. The largest absolute Gasteiger partial charge is 0.368 e. The Balaban J connectivity index is 2.20. The van der Waals surface area contributed by atoms with E-state index in [-0.39, 0.29) is 16.4 Å². The summed E-state index contributed by atoms with van der Waals surface area (Å²) in [5.74, 6) is -0.341. The summed E-state index contributed by atoms with van der Waals surface area (Å²) < 4.78 is 13.5.